The molecule has 3 rings (SSSR count). The number of rotatable bonds is 7. The number of halogens is 1. The number of amides is 2. The molecule has 8 heteroatoms. The highest BCUT2D eigenvalue weighted by atomic mass is 32.1. The number of aryl methyl sites for hydroxylation is 2. The minimum atomic E-state index is -0.525. The zero-order valence-corrected chi connectivity index (χ0v) is 16.9. The summed E-state index contributed by atoms with van der Waals surface area (Å²) in [4.78, 5) is 32.3. The summed E-state index contributed by atoms with van der Waals surface area (Å²) >= 11 is 1.64. The van der Waals surface area contributed by atoms with E-state index in [0.29, 0.717) is 32.6 Å². The molecule has 1 fully saturated rings. The first kappa shape index (κ1) is 20.4. The average molecular weight is 405 g/mol. The van der Waals surface area contributed by atoms with Gasteiger partial charge >= 0.3 is 0 Å². The van der Waals surface area contributed by atoms with Gasteiger partial charge in [-0.3, -0.25) is 14.5 Å². The predicted octanol–water partition coefficient (Wildman–Crippen LogP) is 1.95. The molecule has 1 aliphatic heterocycles. The van der Waals surface area contributed by atoms with E-state index in [0.717, 1.165) is 16.3 Å². The maximum absolute atomic E-state index is 13.1. The van der Waals surface area contributed by atoms with E-state index in [1.807, 2.05) is 18.7 Å². The van der Waals surface area contributed by atoms with E-state index in [1.165, 1.54) is 17.0 Å². The van der Waals surface area contributed by atoms with Crippen molar-refractivity contribution in [2.75, 3.05) is 19.6 Å². The van der Waals surface area contributed by atoms with Crippen molar-refractivity contribution < 1.29 is 14.0 Å². The van der Waals surface area contributed by atoms with Crippen molar-refractivity contribution in [1.82, 2.24) is 20.5 Å². The first-order valence-corrected chi connectivity index (χ1v) is 10.2. The van der Waals surface area contributed by atoms with Gasteiger partial charge in [0.15, 0.2) is 0 Å². The summed E-state index contributed by atoms with van der Waals surface area (Å²) in [5.41, 5.74) is 1.94. The van der Waals surface area contributed by atoms with E-state index in [9.17, 15) is 14.0 Å². The molecule has 2 N–H and O–H groups in total. The molecule has 1 saturated heterocycles. The summed E-state index contributed by atoms with van der Waals surface area (Å²) in [7, 11) is 0. The molecule has 0 unspecified atom stereocenters. The van der Waals surface area contributed by atoms with Gasteiger partial charge in [-0.15, -0.1) is 11.3 Å². The number of carbonyl (C=O) groups excluding carboxylic acids is 2. The topological polar surface area (TPSA) is 74.3 Å². The fourth-order valence-electron chi connectivity index (χ4n) is 3.20. The van der Waals surface area contributed by atoms with E-state index in [2.05, 4.69) is 15.6 Å². The fourth-order valence-corrected chi connectivity index (χ4v) is 4.13. The first-order valence-electron chi connectivity index (χ1n) is 9.38. The van der Waals surface area contributed by atoms with Gasteiger partial charge in [-0.1, -0.05) is 12.1 Å². The van der Waals surface area contributed by atoms with Crippen molar-refractivity contribution in [3.8, 4) is 0 Å². The van der Waals surface area contributed by atoms with Gasteiger partial charge < -0.3 is 10.6 Å². The minimum absolute atomic E-state index is 0.100. The highest BCUT2D eigenvalue weighted by Gasteiger charge is 2.31. The van der Waals surface area contributed by atoms with Crippen LogP contribution < -0.4 is 10.6 Å². The molecule has 0 spiro atoms. The molecule has 1 aromatic heterocycles. The zero-order valence-electron chi connectivity index (χ0n) is 16.1. The van der Waals surface area contributed by atoms with Crippen LogP contribution in [0, 0.1) is 19.7 Å². The van der Waals surface area contributed by atoms with Crippen LogP contribution in [0.5, 0.6) is 0 Å². The fraction of sp³-hybridized carbons (Fsp3) is 0.450. The van der Waals surface area contributed by atoms with Crippen LogP contribution in [-0.2, 0) is 22.6 Å². The summed E-state index contributed by atoms with van der Waals surface area (Å²) in [5, 5.41) is 6.72. The lowest BCUT2D eigenvalue weighted by atomic mass is 10.1. The van der Waals surface area contributed by atoms with Crippen molar-refractivity contribution in [3.05, 3.63) is 51.2 Å². The maximum atomic E-state index is 13.1. The van der Waals surface area contributed by atoms with Crippen molar-refractivity contribution in [3.63, 3.8) is 0 Å². The molecular weight excluding hydrogens is 379 g/mol. The third-order valence-electron chi connectivity index (χ3n) is 4.85. The summed E-state index contributed by atoms with van der Waals surface area (Å²) < 4.78 is 13.1. The molecule has 2 aromatic rings. The molecule has 1 aromatic carbocycles. The van der Waals surface area contributed by atoms with Crippen molar-refractivity contribution >= 4 is 23.2 Å². The number of hydrogen-bond acceptors (Lipinski definition) is 5. The average Bonchev–Trinajstić information content (AvgIpc) is 2.97. The Morgan fingerprint density at radius 2 is 2.11 bits per heavy atom. The van der Waals surface area contributed by atoms with Gasteiger partial charge in [0.05, 0.1) is 23.2 Å². The Morgan fingerprint density at radius 3 is 2.79 bits per heavy atom. The summed E-state index contributed by atoms with van der Waals surface area (Å²) in [6.45, 7) is 6.21. The van der Waals surface area contributed by atoms with Crippen LogP contribution in [0.15, 0.2) is 24.3 Å². The van der Waals surface area contributed by atoms with Crippen LogP contribution in [0.4, 0.5) is 4.39 Å². The third-order valence-corrected chi connectivity index (χ3v) is 5.99. The van der Waals surface area contributed by atoms with Crippen LogP contribution >= 0.6 is 11.3 Å². The Bertz CT molecular complexity index is 818. The molecule has 2 heterocycles. The smallest absolute Gasteiger partial charge is 0.237 e. The van der Waals surface area contributed by atoms with Crippen molar-refractivity contribution in [1.29, 1.82) is 0 Å². The lowest BCUT2D eigenvalue weighted by Crippen LogP contribution is -2.56. The molecule has 0 saturated carbocycles. The van der Waals surface area contributed by atoms with Crippen molar-refractivity contribution in [2.45, 2.75) is 39.3 Å². The number of piperazine rings is 1. The van der Waals surface area contributed by atoms with E-state index in [4.69, 9.17) is 0 Å². The lowest BCUT2D eigenvalue weighted by Gasteiger charge is -2.34. The van der Waals surface area contributed by atoms with Gasteiger partial charge in [-0.05, 0) is 31.5 Å². The molecule has 6 nitrogen and oxygen atoms in total. The molecule has 2 amide bonds. The van der Waals surface area contributed by atoms with Crippen LogP contribution in [0.1, 0.15) is 27.6 Å². The van der Waals surface area contributed by atoms with Gasteiger partial charge in [-0.2, -0.15) is 0 Å². The van der Waals surface area contributed by atoms with Gasteiger partial charge in [0.1, 0.15) is 5.82 Å². The maximum Gasteiger partial charge on any atom is 0.237 e. The van der Waals surface area contributed by atoms with Gasteiger partial charge in [0, 0.05) is 37.5 Å². The van der Waals surface area contributed by atoms with Gasteiger partial charge in [0.25, 0.3) is 0 Å². The predicted molar refractivity (Wildman–Crippen MR) is 107 cm³/mol. The first-order chi connectivity index (χ1) is 13.4. The number of aromatic nitrogens is 1. The van der Waals surface area contributed by atoms with E-state index >= 15 is 0 Å². The molecule has 1 aliphatic rings. The summed E-state index contributed by atoms with van der Waals surface area (Å²) in [6.07, 6.45) is 0.782. The van der Waals surface area contributed by atoms with E-state index < -0.39 is 6.04 Å². The number of hydrogen-bond donors (Lipinski definition) is 2. The van der Waals surface area contributed by atoms with Gasteiger partial charge in [0.2, 0.25) is 11.8 Å². The Balaban J connectivity index is 1.53. The van der Waals surface area contributed by atoms with Crippen LogP contribution in [0.25, 0.3) is 0 Å². The highest BCUT2D eigenvalue weighted by Crippen LogP contribution is 2.17. The van der Waals surface area contributed by atoms with Crippen LogP contribution in [0.3, 0.4) is 0 Å². The summed E-state index contributed by atoms with van der Waals surface area (Å²) in [5.74, 6) is -0.590. The number of thiazole rings is 1. The number of nitrogens with one attached hydrogen (secondary N) is 2. The quantitative estimate of drug-likeness (QED) is 0.740. The Labute approximate surface area is 168 Å². The van der Waals surface area contributed by atoms with Crippen LogP contribution in [0.2, 0.25) is 0 Å². The normalized spacial score (nSPS) is 17.4. The van der Waals surface area contributed by atoms with E-state index in [-0.39, 0.29) is 24.1 Å². The van der Waals surface area contributed by atoms with Gasteiger partial charge in [-0.25, -0.2) is 9.37 Å². The highest BCUT2D eigenvalue weighted by molar-refractivity contribution is 7.11. The molecule has 0 aliphatic carbocycles. The molecule has 0 bridgehead atoms. The zero-order chi connectivity index (χ0) is 20.1. The molecule has 28 heavy (non-hydrogen) atoms. The second-order valence-corrected chi connectivity index (χ2v) is 8.24. The monoisotopic (exact) mass is 404 g/mol. The van der Waals surface area contributed by atoms with Crippen LogP contribution in [-0.4, -0.2) is 47.4 Å². The summed E-state index contributed by atoms with van der Waals surface area (Å²) in [6, 6.07) is 5.70. The SMILES string of the molecule is Cc1nc(CCNC(=O)C[C@@H]2C(=O)NCCN2Cc2ccc(F)cc2)sc1C. The molecule has 1 atom stereocenters. The minimum Gasteiger partial charge on any atom is -0.356 e. The largest absolute Gasteiger partial charge is 0.356 e. The third kappa shape index (κ3) is 5.36. The second-order valence-electron chi connectivity index (χ2n) is 6.96. The number of carbonyl (C=O) groups is 2. The Morgan fingerprint density at radius 1 is 1.36 bits per heavy atom. The van der Waals surface area contributed by atoms with E-state index in [1.54, 1.807) is 23.5 Å². The lowest BCUT2D eigenvalue weighted by molar-refractivity contribution is -0.134. The molecule has 0 radical (unpaired) electrons. The second kappa shape index (κ2) is 9.25. The number of nitrogens with zero attached hydrogens (tertiary/aromatic N) is 2. The molecular formula is C20H25FN4O2S. The molecule has 150 valence electrons. The number of benzene rings is 1. The Kier molecular flexibility index (Phi) is 6.74. The Hall–Kier alpha value is -2.32. The standard InChI is InChI=1S/C20H25FN4O2S/c1-13-14(2)28-19(24-13)7-8-22-18(26)11-17-20(27)23-9-10-25(17)12-15-3-5-16(21)6-4-15/h3-6,17H,7-12H2,1-2H3,(H,22,26)(H,23,27)/t17-/m1/s1. The van der Waals surface area contributed by atoms with Crippen molar-refractivity contribution in [2.24, 2.45) is 0 Å².